The van der Waals surface area contributed by atoms with Crippen molar-refractivity contribution in [1.82, 2.24) is 15.6 Å². The molecule has 1 aromatic heterocycles. The molecule has 0 aliphatic rings. The quantitative estimate of drug-likeness (QED) is 0.423. The Labute approximate surface area is 202 Å². The molecular formula is C25H41N3O6. The molecule has 0 spiro atoms. The summed E-state index contributed by atoms with van der Waals surface area (Å²) in [5.41, 5.74) is 2.54. The van der Waals surface area contributed by atoms with Crippen LogP contribution in [0.1, 0.15) is 66.9 Å². The predicted molar refractivity (Wildman–Crippen MR) is 134 cm³/mol. The minimum absolute atomic E-state index is 0.0767. The molecule has 0 saturated heterocycles. The number of amides is 2. The Kier molecular flexibility index (Phi) is 18.5. The molecule has 1 unspecified atom stereocenters. The average molecular weight is 480 g/mol. The van der Waals surface area contributed by atoms with Crippen molar-refractivity contribution < 1.29 is 29.0 Å². The van der Waals surface area contributed by atoms with Crippen molar-refractivity contribution in [3.05, 3.63) is 36.0 Å². The third-order valence-corrected chi connectivity index (χ3v) is 3.91. The number of carbonyl (C=O) groups excluding carboxylic acids is 3. The molecule has 1 heterocycles. The summed E-state index contributed by atoms with van der Waals surface area (Å²) in [6, 6.07) is 7.26. The highest BCUT2D eigenvalue weighted by Gasteiger charge is 2.23. The van der Waals surface area contributed by atoms with Gasteiger partial charge in [0.15, 0.2) is 0 Å². The van der Waals surface area contributed by atoms with Gasteiger partial charge in [-0.2, -0.15) is 0 Å². The zero-order chi connectivity index (χ0) is 26.7. The lowest BCUT2D eigenvalue weighted by Gasteiger charge is -2.18. The predicted octanol–water partition coefficient (Wildman–Crippen LogP) is 3.95. The Morgan fingerprint density at radius 1 is 1.06 bits per heavy atom. The van der Waals surface area contributed by atoms with Gasteiger partial charge in [0.05, 0.1) is 12.6 Å². The molecule has 1 aromatic carbocycles. The number of hydrogen-bond acceptors (Lipinski definition) is 5. The molecule has 0 aliphatic heterocycles. The number of aromatic nitrogens is 1. The van der Waals surface area contributed by atoms with Crippen LogP contribution < -0.4 is 10.6 Å². The normalized spacial score (nSPS) is 10.3. The number of H-pyrrole nitrogens is 1. The SMILES string of the molecule is CC.CC.CC(=O)NCC(=O)NC(CCC(=O)O)C(=O)OC(C)C.Cc1c[nH]c2ccccc12. The molecule has 0 aliphatic carbocycles. The van der Waals surface area contributed by atoms with Crippen molar-refractivity contribution in [3.63, 3.8) is 0 Å². The zero-order valence-corrected chi connectivity index (χ0v) is 21.7. The summed E-state index contributed by atoms with van der Waals surface area (Å²) in [5.74, 6) is -2.75. The Balaban J connectivity index is 0. The van der Waals surface area contributed by atoms with E-state index in [9.17, 15) is 19.2 Å². The number of nitrogens with one attached hydrogen (secondary N) is 3. The fourth-order valence-electron chi connectivity index (χ4n) is 2.50. The second-order valence-electron chi connectivity index (χ2n) is 6.97. The molecule has 2 rings (SSSR count). The van der Waals surface area contributed by atoms with Gasteiger partial charge in [0.2, 0.25) is 11.8 Å². The van der Waals surface area contributed by atoms with Crippen LogP contribution in [0.4, 0.5) is 0 Å². The number of para-hydroxylation sites is 1. The largest absolute Gasteiger partial charge is 0.481 e. The summed E-state index contributed by atoms with van der Waals surface area (Å²) >= 11 is 0. The van der Waals surface area contributed by atoms with E-state index in [-0.39, 0.29) is 31.4 Å². The third-order valence-electron chi connectivity index (χ3n) is 3.91. The minimum Gasteiger partial charge on any atom is -0.481 e. The van der Waals surface area contributed by atoms with Crippen molar-refractivity contribution in [1.29, 1.82) is 0 Å². The Hall–Kier alpha value is -3.36. The Bertz CT molecular complexity index is 876. The standard InChI is InChI=1S/C12H20N2O6.C9H9N.2C2H6/c1-7(2)20-12(19)9(4-5-11(17)18)14-10(16)6-13-8(3)15;1-7-6-10-9-5-3-2-4-8(7)9;2*1-2/h7,9H,4-6H2,1-3H3,(H,13,15)(H,14,16)(H,17,18);2-6,10H,1H3;2*1-2H3. The first-order valence-electron chi connectivity index (χ1n) is 11.6. The molecule has 4 N–H and O–H groups in total. The van der Waals surface area contributed by atoms with E-state index < -0.39 is 23.9 Å². The molecule has 9 heteroatoms. The maximum Gasteiger partial charge on any atom is 0.328 e. The highest BCUT2D eigenvalue weighted by molar-refractivity contribution is 5.88. The highest BCUT2D eigenvalue weighted by Crippen LogP contribution is 2.15. The number of fused-ring (bicyclic) bond motifs is 1. The number of hydrogen-bond donors (Lipinski definition) is 4. The molecule has 192 valence electrons. The molecule has 0 bridgehead atoms. The Morgan fingerprint density at radius 2 is 1.65 bits per heavy atom. The number of carboxylic acids is 1. The summed E-state index contributed by atoms with van der Waals surface area (Å²) in [6.45, 7) is 14.4. The van der Waals surface area contributed by atoms with Gasteiger partial charge in [0.25, 0.3) is 0 Å². The average Bonchev–Trinajstić information content (AvgIpc) is 3.18. The van der Waals surface area contributed by atoms with Crippen LogP contribution in [-0.4, -0.2) is 52.5 Å². The van der Waals surface area contributed by atoms with Crippen molar-refractivity contribution in [2.24, 2.45) is 0 Å². The number of aryl methyl sites for hydroxylation is 1. The Morgan fingerprint density at radius 3 is 2.15 bits per heavy atom. The van der Waals surface area contributed by atoms with Gasteiger partial charge < -0.3 is 25.5 Å². The second kappa shape index (κ2) is 19.1. The fourth-order valence-corrected chi connectivity index (χ4v) is 2.50. The lowest BCUT2D eigenvalue weighted by atomic mass is 10.1. The van der Waals surface area contributed by atoms with Gasteiger partial charge in [0, 0.05) is 30.4 Å². The van der Waals surface area contributed by atoms with Crippen LogP contribution in [0.25, 0.3) is 10.9 Å². The van der Waals surface area contributed by atoms with Gasteiger partial charge in [0.1, 0.15) is 6.04 Å². The van der Waals surface area contributed by atoms with E-state index in [1.54, 1.807) is 13.8 Å². The molecule has 0 saturated carbocycles. The van der Waals surface area contributed by atoms with Gasteiger partial charge in [-0.25, -0.2) is 4.79 Å². The lowest BCUT2D eigenvalue weighted by molar-refractivity contribution is -0.152. The van der Waals surface area contributed by atoms with E-state index in [0.29, 0.717) is 0 Å². The van der Waals surface area contributed by atoms with Crippen LogP contribution in [0.5, 0.6) is 0 Å². The number of carboxylic acid groups (broad SMARTS) is 1. The molecule has 2 aromatic rings. The number of aliphatic carboxylic acids is 1. The molecule has 2 amide bonds. The van der Waals surface area contributed by atoms with E-state index in [0.717, 1.165) is 0 Å². The van der Waals surface area contributed by atoms with Crippen molar-refractivity contribution >= 4 is 34.7 Å². The van der Waals surface area contributed by atoms with E-state index >= 15 is 0 Å². The number of carbonyl (C=O) groups is 4. The number of aromatic amines is 1. The first-order chi connectivity index (χ1) is 16.1. The van der Waals surface area contributed by atoms with Gasteiger partial charge in [-0.15, -0.1) is 0 Å². The number of ether oxygens (including phenoxy) is 1. The second-order valence-corrected chi connectivity index (χ2v) is 6.97. The van der Waals surface area contributed by atoms with Crippen molar-refractivity contribution in [2.75, 3.05) is 6.54 Å². The topological polar surface area (TPSA) is 138 Å². The monoisotopic (exact) mass is 479 g/mol. The van der Waals surface area contributed by atoms with Crippen molar-refractivity contribution in [3.8, 4) is 0 Å². The first-order valence-corrected chi connectivity index (χ1v) is 11.6. The molecule has 34 heavy (non-hydrogen) atoms. The highest BCUT2D eigenvalue weighted by atomic mass is 16.5. The van der Waals surface area contributed by atoms with Crippen LogP contribution in [-0.2, 0) is 23.9 Å². The summed E-state index contributed by atoms with van der Waals surface area (Å²) in [4.78, 5) is 47.6. The zero-order valence-electron chi connectivity index (χ0n) is 21.7. The van der Waals surface area contributed by atoms with Gasteiger partial charge >= 0.3 is 11.9 Å². The van der Waals surface area contributed by atoms with Gasteiger partial charge in [-0.3, -0.25) is 14.4 Å². The molecule has 9 nitrogen and oxygen atoms in total. The summed E-state index contributed by atoms with van der Waals surface area (Å²) in [6.07, 6.45) is 1.30. The van der Waals surface area contributed by atoms with Crippen LogP contribution in [0.15, 0.2) is 30.5 Å². The maximum absolute atomic E-state index is 11.7. The minimum atomic E-state index is -1.08. The van der Waals surface area contributed by atoms with Crippen LogP contribution in [0.2, 0.25) is 0 Å². The van der Waals surface area contributed by atoms with Crippen LogP contribution in [0.3, 0.4) is 0 Å². The maximum atomic E-state index is 11.7. The molecule has 1 atom stereocenters. The van der Waals surface area contributed by atoms with E-state index in [1.807, 2.05) is 40.0 Å². The number of benzene rings is 1. The number of rotatable bonds is 8. The summed E-state index contributed by atoms with van der Waals surface area (Å²) < 4.78 is 4.94. The number of esters is 1. The van der Waals surface area contributed by atoms with E-state index in [1.165, 1.54) is 23.4 Å². The van der Waals surface area contributed by atoms with Gasteiger partial charge in [-0.05, 0) is 38.8 Å². The summed E-state index contributed by atoms with van der Waals surface area (Å²) in [7, 11) is 0. The van der Waals surface area contributed by atoms with Crippen LogP contribution >= 0.6 is 0 Å². The van der Waals surface area contributed by atoms with E-state index in [2.05, 4.69) is 40.7 Å². The third kappa shape index (κ3) is 14.7. The lowest BCUT2D eigenvalue weighted by Crippen LogP contribution is -2.46. The fraction of sp³-hybridized carbons (Fsp3) is 0.520. The summed E-state index contributed by atoms with van der Waals surface area (Å²) in [5, 5.41) is 14.6. The molecular weight excluding hydrogens is 438 g/mol. The smallest absolute Gasteiger partial charge is 0.328 e. The first kappa shape index (κ1) is 32.8. The van der Waals surface area contributed by atoms with Crippen molar-refractivity contribution in [2.45, 2.75) is 80.4 Å². The molecule has 0 fully saturated rings. The molecule has 0 radical (unpaired) electrons. The van der Waals surface area contributed by atoms with E-state index in [4.69, 9.17) is 9.84 Å². The van der Waals surface area contributed by atoms with Crippen LogP contribution in [0, 0.1) is 6.92 Å². The van der Waals surface area contributed by atoms with Gasteiger partial charge in [-0.1, -0.05) is 45.9 Å².